The molecule has 0 N–H and O–H groups in total. The maximum absolute atomic E-state index is 3.05. The number of rotatable bonds is 2. The molecule has 0 saturated heterocycles. The molecule has 0 radical (unpaired) electrons. The van der Waals surface area contributed by atoms with E-state index in [9.17, 15) is 0 Å². The third-order valence-corrected chi connectivity index (χ3v) is 2.29. The molecule has 0 heterocycles. The molecule has 1 rings (SSSR count). The molecule has 0 aliphatic carbocycles. The Morgan fingerprint density at radius 3 is 2.33 bits per heavy atom. The van der Waals surface area contributed by atoms with Gasteiger partial charge in [-0.1, -0.05) is 0 Å². The molecule has 1 aromatic rings. The van der Waals surface area contributed by atoms with Crippen molar-refractivity contribution >= 4 is 20.5 Å². The zero-order valence-electron chi connectivity index (χ0n) is 7.87. The van der Waals surface area contributed by atoms with Crippen LogP contribution in [0, 0.1) is 0 Å². The van der Waals surface area contributed by atoms with E-state index in [0.29, 0.717) is 0 Å². The van der Waals surface area contributed by atoms with Crippen molar-refractivity contribution in [3.63, 3.8) is 0 Å². The van der Waals surface area contributed by atoms with Crippen molar-refractivity contribution in [3.05, 3.63) is 29.8 Å². The molecule has 1 nitrogen and oxygen atoms in total. The van der Waals surface area contributed by atoms with Gasteiger partial charge in [0.25, 0.3) is 0 Å². The minimum Gasteiger partial charge on any atom is 1.00 e. The standard InChI is InChI=1S/C9H13NSe.Li/c1-10(2)7-8-5-3-4-6-9(8)11;/h3-6,11H,7H2,1-2H3;/q;+1/p-1. The largest absolute Gasteiger partial charge is 1.00 e. The molecule has 0 amide bonds. The van der Waals surface area contributed by atoms with Crippen LogP contribution in [0.15, 0.2) is 24.3 Å². The molecule has 0 fully saturated rings. The van der Waals surface area contributed by atoms with Gasteiger partial charge in [0.05, 0.1) is 0 Å². The first-order valence-corrected chi connectivity index (χ1v) is 4.45. The second-order valence-corrected chi connectivity index (χ2v) is 3.77. The van der Waals surface area contributed by atoms with Gasteiger partial charge in [0.15, 0.2) is 0 Å². The summed E-state index contributed by atoms with van der Waals surface area (Å²) in [6, 6.07) is 8.36. The first-order valence-electron chi connectivity index (χ1n) is 3.60. The molecule has 0 aliphatic rings. The van der Waals surface area contributed by atoms with Gasteiger partial charge in [-0.25, -0.2) is 0 Å². The van der Waals surface area contributed by atoms with Crippen LogP contribution < -0.4 is 23.3 Å². The van der Waals surface area contributed by atoms with Crippen LogP contribution in [0.25, 0.3) is 0 Å². The summed E-state index contributed by atoms with van der Waals surface area (Å²) in [6.45, 7) is 1.00. The van der Waals surface area contributed by atoms with Gasteiger partial charge in [-0.2, -0.15) is 0 Å². The number of benzene rings is 1. The molecular weight excluding hydrogens is 208 g/mol. The van der Waals surface area contributed by atoms with Crippen LogP contribution in [0.5, 0.6) is 0 Å². The van der Waals surface area contributed by atoms with Crippen molar-refractivity contribution in [1.29, 1.82) is 0 Å². The molecule has 0 aliphatic heterocycles. The van der Waals surface area contributed by atoms with Crippen molar-refractivity contribution in [3.8, 4) is 0 Å². The van der Waals surface area contributed by atoms with Crippen LogP contribution in [0.4, 0.5) is 0 Å². The van der Waals surface area contributed by atoms with Crippen molar-refractivity contribution in [2.24, 2.45) is 0 Å². The fourth-order valence-electron chi connectivity index (χ4n) is 0.975. The SMILES string of the molecule is CN(C)Cc1ccccc1[Se-].[Li+]. The fourth-order valence-corrected chi connectivity index (χ4v) is 1.42. The van der Waals surface area contributed by atoms with E-state index in [1.54, 1.807) is 0 Å². The predicted molar refractivity (Wildman–Crippen MR) is 49.2 cm³/mol. The molecule has 0 spiro atoms. The van der Waals surface area contributed by atoms with Gasteiger partial charge < -0.3 is 0 Å². The molecule has 3 heteroatoms. The maximum atomic E-state index is 3.05. The molecule has 1 aromatic carbocycles. The van der Waals surface area contributed by atoms with Gasteiger partial charge in [0.1, 0.15) is 0 Å². The van der Waals surface area contributed by atoms with E-state index in [1.165, 1.54) is 10.0 Å². The first-order chi connectivity index (χ1) is 5.20. The van der Waals surface area contributed by atoms with Gasteiger partial charge in [0, 0.05) is 0 Å². The average Bonchev–Trinajstić information content (AvgIpc) is 1.93. The Morgan fingerprint density at radius 1 is 1.25 bits per heavy atom. The van der Waals surface area contributed by atoms with Crippen LogP contribution in [-0.2, 0) is 6.54 Å². The summed E-state index contributed by atoms with van der Waals surface area (Å²) in [5.74, 6) is 0. The summed E-state index contributed by atoms with van der Waals surface area (Å²) in [5.41, 5.74) is 1.36. The topological polar surface area (TPSA) is 3.24 Å². The summed E-state index contributed by atoms with van der Waals surface area (Å²) in [6.07, 6.45) is 0. The molecule has 0 atom stereocenters. The van der Waals surface area contributed by atoms with Gasteiger partial charge in [-0.05, 0) is 0 Å². The Kier molecular flexibility index (Phi) is 6.00. The molecule has 0 unspecified atom stereocenters. The zero-order chi connectivity index (χ0) is 8.27. The molecule has 0 aromatic heterocycles. The Hall–Kier alpha value is 0.297. The molecule has 12 heavy (non-hydrogen) atoms. The average molecular weight is 220 g/mol. The molecule has 60 valence electrons. The van der Waals surface area contributed by atoms with Crippen LogP contribution in [-0.4, -0.2) is 35.0 Å². The van der Waals surface area contributed by atoms with E-state index in [4.69, 9.17) is 0 Å². The van der Waals surface area contributed by atoms with E-state index in [0.717, 1.165) is 6.54 Å². The van der Waals surface area contributed by atoms with E-state index in [1.807, 2.05) is 6.07 Å². The summed E-state index contributed by atoms with van der Waals surface area (Å²) >= 11 is 3.05. The second kappa shape index (κ2) is 5.86. The summed E-state index contributed by atoms with van der Waals surface area (Å²) in [5, 5.41) is 0. The summed E-state index contributed by atoms with van der Waals surface area (Å²) in [4.78, 5) is 2.16. The van der Waals surface area contributed by atoms with Gasteiger partial charge in [-0.3, -0.25) is 0 Å². The van der Waals surface area contributed by atoms with Crippen molar-refractivity contribution in [2.75, 3.05) is 14.1 Å². The van der Waals surface area contributed by atoms with E-state index >= 15 is 0 Å². The minimum atomic E-state index is 0. The number of nitrogens with zero attached hydrogens (tertiary/aromatic N) is 1. The van der Waals surface area contributed by atoms with Crippen LogP contribution >= 0.6 is 0 Å². The number of hydrogen-bond acceptors (Lipinski definition) is 1. The van der Waals surface area contributed by atoms with E-state index in [-0.39, 0.29) is 18.9 Å². The van der Waals surface area contributed by atoms with Gasteiger partial charge in [0.2, 0.25) is 0 Å². The number of hydrogen-bond donors (Lipinski definition) is 0. The van der Waals surface area contributed by atoms with Crippen LogP contribution in [0.1, 0.15) is 5.56 Å². The monoisotopic (exact) mass is 221 g/mol. The fraction of sp³-hybridized carbons (Fsp3) is 0.333. The summed E-state index contributed by atoms with van der Waals surface area (Å²) < 4.78 is 1.25. The first kappa shape index (κ1) is 12.3. The van der Waals surface area contributed by atoms with Gasteiger partial charge in [-0.15, -0.1) is 0 Å². The predicted octanol–water partition coefficient (Wildman–Crippen LogP) is -2.45. The third-order valence-electron chi connectivity index (χ3n) is 1.46. The smallest absolute Gasteiger partial charge is 1.00 e. The van der Waals surface area contributed by atoms with E-state index in [2.05, 4.69) is 53.2 Å². The Balaban J connectivity index is 0.00000121. The molecular formula is C9H12LiNSe. The van der Waals surface area contributed by atoms with E-state index < -0.39 is 0 Å². The normalized spacial score (nSPS) is 9.58. The summed E-state index contributed by atoms with van der Waals surface area (Å²) in [7, 11) is 4.15. The Morgan fingerprint density at radius 2 is 1.83 bits per heavy atom. The van der Waals surface area contributed by atoms with Crippen LogP contribution in [0.2, 0.25) is 0 Å². The molecule has 0 saturated carbocycles. The maximum Gasteiger partial charge on any atom is 1.00 e. The van der Waals surface area contributed by atoms with Crippen molar-refractivity contribution < 1.29 is 18.9 Å². The van der Waals surface area contributed by atoms with Crippen LogP contribution in [0.3, 0.4) is 0 Å². The Labute approximate surface area is 94.5 Å². The second-order valence-electron chi connectivity index (χ2n) is 2.85. The minimum absolute atomic E-state index is 0. The van der Waals surface area contributed by atoms with Gasteiger partial charge >= 0.3 is 94.7 Å². The third kappa shape index (κ3) is 3.80. The van der Waals surface area contributed by atoms with Crippen molar-refractivity contribution in [1.82, 2.24) is 4.90 Å². The zero-order valence-corrected chi connectivity index (χ0v) is 9.59. The quantitative estimate of drug-likeness (QED) is 0.500. The molecule has 0 bridgehead atoms. The van der Waals surface area contributed by atoms with Crippen molar-refractivity contribution in [2.45, 2.75) is 6.54 Å². The Bertz CT molecular complexity index is 238.